The molecule has 0 bridgehead atoms. The standard InChI is InChI=1S/C12H23N3O/c1-12(11-14-6-4-5-13)16-10-9-15-7-2-3-8-15/h12,14H,2-4,6-11H2,1H3. The van der Waals surface area contributed by atoms with Gasteiger partial charge in [0, 0.05) is 26.1 Å². The molecule has 1 saturated heterocycles. The Morgan fingerprint density at radius 3 is 2.88 bits per heavy atom. The normalized spacial score (nSPS) is 18.5. The van der Waals surface area contributed by atoms with Crippen LogP contribution in [0.5, 0.6) is 0 Å². The molecule has 1 heterocycles. The van der Waals surface area contributed by atoms with Crippen LogP contribution in [0.1, 0.15) is 26.2 Å². The highest BCUT2D eigenvalue weighted by Crippen LogP contribution is 2.06. The second kappa shape index (κ2) is 8.51. The predicted octanol–water partition coefficient (Wildman–Crippen LogP) is 0.991. The maximum atomic E-state index is 8.37. The van der Waals surface area contributed by atoms with Gasteiger partial charge in [-0.15, -0.1) is 0 Å². The third-order valence-electron chi connectivity index (χ3n) is 2.85. The van der Waals surface area contributed by atoms with Gasteiger partial charge in [-0.25, -0.2) is 0 Å². The fourth-order valence-electron chi connectivity index (χ4n) is 1.90. The summed E-state index contributed by atoms with van der Waals surface area (Å²) in [5, 5.41) is 11.6. The van der Waals surface area contributed by atoms with Crippen molar-refractivity contribution in [2.24, 2.45) is 0 Å². The molecule has 16 heavy (non-hydrogen) atoms. The molecular weight excluding hydrogens is 202 g/mol. The van der Waals surface area contributed by atoms with Crippen molar-refractivity contribution in [2.75, 3.05) is 39.3 Å². The molecule has 1 unspecified atom stereocenters. The first-order valence-corrected chi connectivity index (χ1v) is 6.24. The molecule has 4 heteroatoms. The second-order valence-corrected chi connectivity index (χ2v) is 4.34. The van der Waals surface area contributed by atoms with Crippen molar-refractivity contribution < 1.29 is 4.74 Å². The third kappa shape index (κ3) is 6.06. The lowest BCUT2D eigenvalue weighted by Crippen LogP contribution is -2.31. The van der Waals surface area contributed by atoms with Gasteiger partial charge >= 0.3 is 0 Å². The topological polar surface area (TPSA) is 48.3 Å². The van der Waals surface area contributed by atoms with Gasteiger partial charge in [0.1, 0.15) is 0 Å². The van der Waals surface area contributed by atoms with E-state index < -0.39 is 0 Å². The average molecular weight is 225 g/mol. The van der Waals surface area contributed by atoms with Crippen molar-refractivity contribution in [3.8, 4) is 6.07 Å². The van der Waals surface area contributed by atoms with E-state index in [2.05, 4.69) is 23.2 Å². The molecule has 1 atom stereocenters. The van der Waals surface area contributed by atoms with Gasteiger partial charge in [-0.05, 0) is 32.9 Å². The number of nitrogens with zero attached hydrogens (tertiary/aromatic N) is 2. The zero-order valence-corrected chi connectivity index (χ0v) is 10.2. The lowest BCUT2D eigenvalue weighted by molar-refractivity contribution is 0.0525. The van der Waals surface area contributed by atoms with Gasteiger partial charge in [0.15, 0.2) is 0 Å². The van der Waals surface area contributed by atoms with E-state index in [-0.39, 0.29) is 6.10 Å². The summed E-state index contributed by atoms with van der Waals surface area (Å²) in [6.07, 6.45) is 3.48. The number of ether oxygens (including phenoxy) is 1. The van der Waals surface area contributed by atoms with Crippen LogP contribution in [-0.2, 0) is 4.74 Å². The van der Waals surface area contributed by atoms with E-state index >= 15 is 0 Å². The summed E-state index contributed by atoms with van der Waals surface area (Å²) < 4.78 is 5.70. The van der Waals surface area contributed by atoms with E-state index in [0.717, 1.165) is 26.2 Å². The number of likely N-dealkylation sites (tertiary alicyclic amines) is 1. The van der Waals surface area contributed by atoms with Crippen LogP contribution in [0.4, 0.5) is 0 Å². The lowest BCUT2D eigenvalue weighted by atomic mass is 10.4. The Labute approximate surface area is 98.6 Å². The predicted molar refractivity (Wildman–Crippen MR) is 64.2 cm³/mol. The van der Waals surface area contributed by atoms with Crippen molar-refractivity contribution in [3.63, 3.8) is 0 Å². The molecule has 0 saturated carbocycles. The maximum Gasteiger partial charge on any atom is 0.0672 e. The Balaban J connectivity index is 1.89. The van der Waals surface area contributed by atoms with E-state index in [4.69, 9.17) is 10.00 Å². The molecule has 1 fully saturated rings. The molecule has 0 aromatic carbocycles. The van der Waals surface area contributed by atoms with Crippen LogP contribution in [0.25, 0.3) is 0 Å². The van der Waals surface area contributed by atoms with Gasteiger partial charge < -0.3 is 15.0 Å². The first kappa shape index (κ1) is 13.4. The van der Waals surface area contributed by atoms with Gasteiger partial charge in [0.05, 0.1) is 18.8 Å². The van der Waals surface area contributed by atoms with E-state index in [1.807, 2.05) is 0 Å². The van der Waals surface area contributed by atoms with Gasteiger partial charge in [-0.1, -0.05) is 0 Å². The van der Waals surface area contributed by atoms with Crippen LogP contribution >= 0.6 is 0 Å². The van der Waals surface area contributed by atoms with Crippen molar-refractivity contribution in [3.05, 3.63) is 0 Å². The highest BCUT2D eigenvalue weighted by atomic mass is 16.5. The maximum absolute atomic E-state index is 8.37. The number of nitriles is 1. The first-order valence-electron chi connectivity index (χ1n) is 6.24. The molecule has 0 radical (unpaired) electrons. The van der Waals surface area contributed by atoms with Crippen LogP contribution in [0.2, 0.25) is 0 Å². The number of nitrogens with one attached hydrogen (secondary N) is 1. The summed E-state index contributed by atoms with van der Waals surface area (Å²) in [7, 11) is 0. The molecular formula is C12H23N3O. The van der Waals surface area contributed by atoms with Crippen LogP contribution in [0, 0.1) is 11.3 Å². The SMILES string of the molecule is CC(CNCCC#N)OCCN1CCCC1. The van der Waals surface area contributed by atoms with Gasteiger partial charge in [-0.2, -0.15) is 5.26 Å². The Morgan fingerprint density at radius 2 is 2.19 bits per heavy atom. The fourth-order valence-corrected chi connectivity index (χ4v) is 1.90. The number of hydrogen-bond acceptors (Lipinski definition) is 4. The minimum atomic E-state index is 0.237. The zero-order chi connectivity index (χ0) is 11.6. The quantitative estimate of drug-likeness (QED) is 0.626. The van der Waals surface area contributed by atoms with Crippen molar-refractivity contribution in [1.82, 2.24) is 10.2 Å². The van der Waals surface area contributed by atoms with Crippen LogP contribution in [-0.4, -0.2) is 50.3 Å². The minimum absolute atomic E-state index is 0.237. The fraction of sp³-hybridized carbons (Fsp3) is 0.917. The van der Waals surface area contributed by atoms with E-state index in [1.54, 1.807) is 0 Å². The summed E-state index contributed by atoms with van der Waals surface area (Å²) in [6, 6.07) is 2.11. The average Bonchev–Trinajstić information content (AvgIpc) is 2.77. The second-order valence-electron chi connectivity index (χ2n) is 4.34. The van der Waals surface area contributed by atoms with Crippen molar-refractivity contribution >= 4 is 0 Å². The van der Waals surface area contributed by atoms with E-state index in [0.29, 0.717) is 6.42 Å². The summed E-state index contributed by atoms with van der Waals surface area (Å²) in [5.74, 6) is 0. The minimum Gasteiger partial charge on any atom is -0.376 e. The molecule has 0 aromatic heterocycles. The van der Waals surface area contributed by atoms with Gasteiger partial charge in [0.2, 0.25) is 0 Å². The largest absolute Gasteiger partial charge is 0.376 e. The summed E-state index contributed by atoms with van der Waals surface area (Å²) in [6.45, 7) is 8.02. The Bertz CT molecular complexity index is 209. The summed E-state index contributed by atoms with van der Waals surface area (Å²) in [4.78, 5) is 2.45. The Morgan fingerprint density at radius 1 is 1.44 bits per heavy atom. The molecule has 0 aromatic rings. The first-order chi connectivity index (χ1) is 7.83. The highest BCUT2D eigenvalue weighted by Gasteiger charge is 2.11. The molecule has 1 aliphatic rings. The number of hydrogen-bond donors (Lipinski definition) is 1. The van der Waals surface area contributed by atoms with Crippen molar-refractivity contribution in [1.29, 1.82) is 5.26 Å². The summed E-state index contributed by atoms with van der Waals surface area (Å²) in [5.41, 5.74) is 0. The third-order valence-corrected chi connectivity index (χ3v) is 2.85. The smallest absolute Gasteiger partial charge is 0.0672 e. The highest BCUT2D eigenvalue weighted by molar-refractivity contribution is 4.70. The molecule has 1 rings (SSSR count). The monoisotopic (exact) mass is 225 g/mol. The molecule has 0 spiro atoms. The molecule has 0 aliphatic carbocycles. The van der Waals surface area contributed by atoms with Gasteiger partial charge in [0.25, 0.3) is 0 Å². The Kier molecular flexibility index (Phi) is 7.15. The number of rotatable bonds is 8. The van der Waals surface area contributed by atoms with E-state index in [1.165, 1.54) is 25.9 Å². The Hall–Kier alpha value is -0.630. The van der Waals surface area contributed by atoms with E-state index in [9.17, 15) is 0 Å². The molecule has 0 amide bonds. The van der Waals surface area contributed by atoms with Crippen LogP contribution in [0.3, 0.4) is 0 Å². The molecule has 92 valence electrons. The summed E-state index contributed by atoms with van der Waals surface area (Å²) >= 11 is 0. The molecule has 1 N–H and O–H groups in total. The molecule has 4 nitrogen and oxygen atoms in total. The lowest BCUT2D eigenvalue weighted by Gasteiger charge is -2.17. The van der Waals surface area contributed by atoms with Gasteiger partial charge in [-0.3, -0.25) is 0 Å². The van der Waals surface area contributed by atoms with Crippen LogP contribution in [0.15, 0.2) is 0 Å². The van der Waals surface area contributed by atoms with Crippen molar-refractivity contribution in [2.45, 2.75) is 32.3 Å². The van der Waals surface area contributed by atoms with Crippen LogP contribution < -0.4 is 5.32 Å². The molecule has 1 aliphatic heterocycles. The zero-order valence-electron chi connectivity index (χ0n) is 10.2.